The number of nitrogens with zero attached hydrogens (tertiary/aromatic N) is 2. The van der Waals surface area contributed by atoms with E-state index in [-0.39, 0.29) is 6.61 Å². The van der Waals surface area contributed by atoms with Crippen molar-refractivity contribution in [2.75, 3.05) is 6.61 Å². The van der Waals surface area contributed by atoms with Gasteiger partial charge in [-0.15, -0.1) is 0 Å². The zero-order valence-corrected chi connectivity index (χ0v) is 9.45. The minimum atomic E-state index is 0.152. The van der Waals surface area contributed by atoms with Crippen molar-refractivity contribution < 1.29 is 5.11 Å². The minimum Gasteiger partial charge on any atom is -0.395 e. The summed E-state index contributed by atoms with van der Waals surface area (Å²) < 4.78 is 2.86. The van der Waals surface area contributed by atoms with Crippen LogP contribution in [0.3, 0.4) is 0 Å². The van der Waals surface area contributed by atoms with Crippen LogP contribution in [0.5, 0.6) is 0 Å². The number of aromatic nitrogens is 2. The van der Waals surface area contributed by atoms with E-state index in [1.165, 1.54) is 10.9 Å². The third-order valence-corrected chi connectivity index (χ3v) is 2.71. The molecule has 0 aliphatic rings. The van der Waals surface area contributed by atoms with Gasteiger partial charge in [0.1, 0.15) is 4.60 Å². The largest absolute Gasteiger partial charge is 0.395 e. The maximum Gasteiger partial charge on any atom is 0.106 e. The standard InChI is InChI=1S/C10H11BrN2O/c1-7-6-13(2-3-14)9-5-12-10(11)4-8(7)9/h4-6,14H,2-3H2,1H3. The van der Waals surface area contributed by atoms with Gasteiger partial charge in [-0.05, 0) is 34.5 Å². The minimum absolute atomic E-state index is 0.152. The number of pyridine rings is 1. The van der Waals surface area contributed by atoms with Gasteiger partial charge in [0, 0.05) is 18.1 Å². The lowest BCUT2D eigenvalue weighted by molar-refractivity contribution is 0.278. The van der Waals surface area contributed by atoms with Crippen LogP contribution in [0.2, 0.25) is 0 Å². The predicted octanol–water partition coefficient (Wildman–Crippen LogP) is 2.10. The summed E-state index contributed by atoms with van der Waals surface area (Å²) in [6.45, 7) is 2.83. The third-order valence-electron chi connectivity index (χ3n) is 2.27. The molecule has 0 unspecified atom stereocenters. The summed E-state index contributed by atoms with van der Waals surface area (Å²) in [4.78, 5) is 4.18. The Balaban J connectivity index is 2.65. The van der Waals surface area contributed by atoms with Crippen molar-refractivity contribution in [3.8, 4) is 0 Å². The molecule has 2 heterocycles. The number of hydrogen-bond acceptors (Lipinski definition) is 2. The Hall–Kier alpha value is -0.870. The fourth-order valence-electron chi connectivity index (χ4n) is 1.63. The molecule has 2 aromatic heterocycles. The Bertz CT molecular complexity index is 464. The summed E-state index contributed by atoms with van der Waals surface area (Å²) in [6.07, 6.45) is 3.86. The fraction of sp³-hybridized carbons (Fsp3) is 0.300. The van der Waals surface area contributed by atoms with E-state index in [2.05, 4.69) is 27.8 Å². The molecular formula is C10H11BrN2O. The highest BCUT2D eigenvalue weighted by Gasteiger charge is 2.05. The number of fused-ring (bicyclic) bond motifs is 1. The van der Waals surface area contributed by atoms with Crippen LogP contribution in [0.1, 0.15) is 5.56 Å². The van der Waals surface area contributed by atoms with E-state index in [0.29, 0.717) is 6.54 Å². The Labute approximate surface area is 90.5 Å². The zero-order chi connectivity index (χ0) is 10.1. The number of aliphatic hydroxyl groups is 1. The number of aliphatic hydroxyl groups excluding tert-OH is 1. The molecule has 0 aromatic carbocycles. The van der Waals surface area contributed by atoms with Crippen molar-refractivity contribution in [3.63, 3.8) is 0 Å². The van der Waals surface area contributed by atoms with Crippen molar-refractivity contribution in [1.29, 1.82) is 0 Å². The third kappa shape index (κ3) is 1.55. The average Bonchev–Trinajstić information content (AvgIpc) is 2.44. The number of aryl methyl sites for hydroxylation is 1. The van der Waals surface area contributed by atoms with E-state index < -0.39 is 0 Å². The van der Waals surface area contributed by atoms with Gasteiger partial charge in [0.05, 0.1) is 18.3 Å². The second-order valence-electron chi connectivity index (χ2n) is 3.25. The van der Waals surface area contributed by atoms with Crippen molar-refractivity contribution in [1.82, 2.24) is 9.55 Å². The first-order valence-corrected chi connectivity index (χ1v) is 5.23. The second-order valence-corrected chi connectivity index (χ2v) is 4.07. The summed E-state index contributed by atoms with van der Waals surface area (Å²) in [7, 11) is 0. The lowest BCUT2D eigenvalue weighted by Gasteiger charge is -2.01. The van der Waals surface area contributed by atoms with Crippen LogP contribution in [0.15, 0.2) is 23.1 Å². The van der Waals surface area contributed by atoms with E-state index in [1.54, 1.807) is 0 Å². The van der Waals surface area contributed by atoms with Crippen LogP contribution >= 0.6 is 15.9 Å². The smallest absolute Gasteiger partial charge is 0.106 e. The predicted molar refractivity (Wildman–Crippen MR) is 59.3 cm³/mol. The highest BCUT2D eigenvalue weighted by Crippen LogP contribution is 2.22. The molecule has 0 saturated heterocycles. The maximum atomic E-state index is 8.89. The Kier molecular flexibility index (Phi) is 2.56. The van der Waals surface area contributed by atoms with Gasteiger partial charge in [-0.2, -0.15) is 0 Å². The molecule has 3 nitrogen and oxygen atoms in total. The number of hydrogen-bond donors (Lipinski definition) is 1. The topological polar surface area (TPSA) is 38.0 Å². The Morgan fingerprint density at radius 3 is 3.07 bits per heavy atom. The van der Waals surface area contributed by atoms with Crippen LogP contribution in [-0.4, -0.2) is 21.3 Å². The van der Waals surface area contributed by atoms with Crippen LogP contribution in [0.25, 0.3) is 10.9 Å². The van der Waals surface area contributed by atoms with Crippen molar-refractivity contribution >= 4 is 26.8 Å². The number of halogens is 1. The van der Waals surface area contributed by atoms with E-state index in [1.807, 2.05) is 23.0 Å². The monoisotopic (exact) mass is 254 g/mol. The molecule has 0 aliphatic carbocycles. The first-order valence-electron chi connectivity index (χ1n) is 4.44. The van der Waals surface area contributed by atoms with Gasteiger partial charge in [-0.1, -0.05) is 0 Å². The van der Waals surface area contributed by atoms with Crippen molar-refractivity contribution in [3.05, 3.63) is 28.6 Å². The average molecular weight is 255 g/mol. The molecule has 0 bridgehead atoms. The van der Waals surface area contributed by atoms with Gasteiger partial charge in [0.15, 0.2) is 0 Å². The van der Waals surface area contributed by atoms with Gasteiger partial charge in [0.2, 0.25) is 0 Å². The van der Waals surface area contributed by atoms with Crippen LogP contribution in [0, 0.1) is 6.92 Å². The molecule has 4 heteroatoms. The lowest BCUT2D eigenvalue weighted by Crippen LogP contribution is -1.99. The molecule has 0 amide bonds. The fourth-order valence-corrected chi connectivity index (χ4v) is 1.96. The van der Waals surface area contributed by atoms with Gasteiger partial charge < -0.3 is 9.67 Å². The van der Waals surface area contributed by atoms with Crippen LogP contribution in [0.4, 0.5) is 0 Å². The number of rotatable bonds is 2. The lowest BCUT2D eigenvalue weighted by atomic mass is 10.2. The Morgan fingerprint density at radius 2 is 2.36 bits per heavy atom. The molecule has 0 atom stereocenters. The molecule has 1 N–H and O–H groups in total. The van der Waals surface area contributed by atoms with Crippen molar-refractivity contribution in [2.45, 2.75) is 13.5 Å². The molecule has 0 saturated carbocycles. The van der Waals surface area contributed by atoms with Gasteiger partial charge in [-0.25, -0.2) is 4.98 Å². The summed E-state index contributed by atoms with van der Waals surface area (Å²) >= 11 is 3.35. The molecule has 14 heavy (non-hydrogen) atoms. The molecular weight excluding hydrogens is 244 g/mol. The summed E-state index contributed by atoms with van der Waals surface area (Å²) in [6, 6.07) is 2.00. The molecule has 0 radical (unpaired) electrons. The van der Waals surface area contributed by atoms with E-state index in [0.717, 1.165) is 10.1 Å². The molecule has 2 aromatic rings. The summed E-state index contributed by atoms with van der Waals surface area (Å²) in [5.41, 5.74) is 2.27. The van der Waals surface area contributed by atoms with Gasteiger partial charge in [-0.3, -0.25) is 0 Å². The first kappa shape index (κ1) is 9.68. The van der Waals surface area contributed by atoms with Crippen LogP contribution in [-0.2, 0) is 6.54 Å². The van der Waals surface area contributed by atoms with Gasteiger partial charge >= 0.3 is 0 Å². The SMILES string of the molecule is Cc1cn(CCO)c2cnc(Br)cc12. The highest BCUT2D eigenvalue weighted by molar-refractivity contribution is 9.10. The molecule has 0 spiro atoms. The second kappa shape index (κ2) is 3.71. The Morgan fingerprint density at radius 1 is 1.57 bits per heavy atom. The normalized spacial score (nSPS) is 11.1. The van der Waals surface area contributed by atoms with Gasteiger partial charge in [0.25, 0.3) is 0 Å². The first-order chi connectivity index (χ1) is 6.72. The zero-order valence-electron chi connectivity index (χ0n) is 7.87. The van der Waals surface area contributed by atoms with E-state index in [4.69, 9.17) is 5.11 Å². The molecule has 0 fully saturated rings. The highest BCUT2D eigenvalue weighted by atomic mass is 79.9. The van der Waals surface area contributed by atoms with E-state index in [9.17, 15) is 0 Å². The molecule has 2 rings (SSSR count). The summed E-state index contributed by atoms with van der Waals surface area (Å²) in [5, 5.41) is 10.1. The quantitative estimate of drug-likeness (QED) is 0.834. The maximum absolute atomic E-state index is 8.89. The van der Waals surface area contributed by atoms with Crippen molar-refractivity contribution in [2.24, 2.45) is 0 Å². The van der Waals surface area contributed by atoms with Crippen LogP contribution < -0.4 is 0 Å². The van der Waals surface area contributed by atoms with E-state index >= 15 is 0 Å². The molecule has 74 valence electrons. The molecule has 0 aliphatic heterocycles. The summed E-state index contributed by atoms with van der Waals surface area (Å²) in [5.74, 6) is 0.